The molecule has 1 aromatic heterocycles. The average molecular weight is 338 g/mol. The lowest BCUT2D eigenvalue weighted by atomic mass is 9.98. The van der Waals surface area contributed by atoms with Gasteiger partial charge in [0.2, 0.25) is 10.0 Å². The number of carbonyl (C=O) groups is 1. The molecule has 7 nitrogen and oxygen atoms in total. The van der Waals surface area contributed by atoms with E-state index in [1.54, 1.807) is 0 Å². The molecule has 5 N–H and O–H groups in total. The van der Waals surface area contributed by atoms with Gasteiger partial charge in [-0.1, -0.05) is 12.8 Å². The summed E-state index contributed by atoms with van der Waals surface area (Å²) in [4.78, 5) is 12.0. The number of hydrogen-bond acceptors (Lipinski definition) is 5. The van der Waals surface area contributed by atoms with Crippen LogP contribution in [0.1, 0.15) is 42.0 Å². The lowest BCUT2D eigenvalue weighted by Gasteiger charge is -2.28. The summed E-state index contributed by atoms with van der Waals surface area (Å²) in [6.45, 7) is 1.80. The minimum atomic E-state index is -3.89. The van der Waals surface area contributed by atoms with Crippen LogP contribution in [0.25, 0.3) is 0 Å². The number of carbonyl (C=O) groups excluding carboxylic acids is 1. The van der Waals surface area contributed by atoms with Crippen molar-refractivity contribution in [3.8, 4) is 0 Å². The predicted molar refractivity (Wildman–Crippen MR) is 79.8 cm³/mol. The van der Waals surface area contributed by atoms with Gasteiger partial charge in [0.15, 0.2) is 5.76 Å². The van der Waals surface area contributed by atoms with E-state index in [0.717, 1.165) is 31.7 Å². The van der Waals surface area contributed by atoms with Gasteiger partial charge in [0, 0.05) is 12.6 Å². The normalized spacial score (nSPS) is 17.3. The van der Waals surface area contributed by atoms with Gasteiger partial charge in [-0.15, -0.1) is 12.4 Å². The van der Waals surface area contributed by atoms with Crippen molar-refractivity contribution in [2.24, 2.45) is 10.9 Å². The van der Waals surface area contributed by atoms with Crippen molar-refractivity contribution in [2.75, 3.05) is 6.54 Å². The molecule has 9 heteroatoms. The minimum absolute atomic E-state index is 0. The first-order valence-corrected chi connectivity index (χ1v) is 7.98. The number of furan rings is 1. The molecule has 0 aliphatic heterocycles. The van der Waals surface area contributed by atoms with Crippen LogP contribution in [0, 0.1) is 6.92 Å². The van der Waals surface area contributed by atoms with Crippen LogP contribution in [0.3, 0.4) is 0 Å². The standard InChI is InChI=1S/C12H19N3O4S.ClH/c1-8-10(20(14,17)18)6-9(19-8)11(16)15-12(7-13)4-2-3-5-12;/h6H,2-5,7,13H2,1H3,(H,15,16)(H2,14,17,18);1H. The third kappa shape index (κ3) is 3.76. The van der Waals surface area contributed by atoms with E-state index in [0.29, 0.717) is 6.54 Å². The molecule has 1 fully saturated rings. The number of rotatable bonds is 4. The van der Waals surface area contributed by atoms with E-state index in [2.05, 4.69) is 5.32 Å². The fraction of sp³-hybridized carbons (Fsp3) is 0.583. The highest BCUT2D eigenvalue weighted by Gasteiger charge is 2.35. The summed E-state index contributed by atoms with van der Waals surface area (Å²) >= 11 is 0. The summed E-state index contributed by atoms with van der Waals surface area (Å²) in [6, 6.07) is 1.15. The van der Waals surface area contributed by atoms with Crippen molar-refractivity contribution in [3.63, 3.8) is 0 Å². The molecule has 0 saturated heterocycles. The lowest BCUT2D eigenvalue weighted by Crippen LogP contribution is -2.51. The Balaban J connectivity index is 0.00000220. The van der Waals surface area contributed by atoms with Crippen LogP contribution in [0.2, 0.25) is 0 Å². The van der Waals surface area contributed by atoms with Crippen LogP contribution in [0.5, 0.6) is 0 Å². The zero-order valence-electron chi connectivity index (χ0n) is 11.7. The molecule has 120 valence electrons. The molecule has 0 atom stereocenters. The predicted octanol–water partition coefficient (Wildman–Crippen LogP) is 0.659. The van der Waals surface area contributed by atoms with Crippen molar-refractivity contribution in [1.82, 2.24) is 5.32 Å². The molecule has 0 unspecified atom stereocenters. The van der Waals surface area contributed by atoms with E-state index in [1.807, 2.05) is 0 Å². The van der Waals surface area contributed by atoms with Crippen molar-refractivity contribution in [3.05, 3.63) is 17.6 Å². The number of amides is 1. The Morgan fingerprint density at radius 3 is 2.43 bits per heavy atom. The van der Waals surface area contributed by atoms with Gasteiger partial charge in [-0.2, -0.15) is 0 Å². The fourth-order valence-corrected chi connectivity index (χ4v) is 3.31. The molecular formula is C12H20ClN3O4S. The molecular weight excluding hydrogens is 318 g/mol. The lowest BCUT2D eigenvalue weighted by molar-refractivity contribution is 0.0873. The van der Waals surface area contributed by atoms with Gasteiger partial charge in [0.1, 0.15) is 10.7 Å². The molecule has 0 spiro atoms. The van der Waals surface area contributed by atoms with Gasteiger partial charge in [-0.3, -0.25) is 4.79 Å². The summed E-state index contributed by atoms with van der Waals surface area (Å²) < 4.78 is 27.8. The zero-order valence-corrected chi connectivity index (χ0v) is 13.4. The number of hydrogen-bond donors (Lipinski definition) is 3. The van der Waals surface area contributed by atoms with E-state index in [4.69, 9.17) is 15.3 Å². The topological polar surface area (TPSA) is 128 Å². The Hall–Kier alpha value is -1.09. The number of nitrogens with one attached hydrogen (secondary N) is 1. The summed E-state index contributed by atoms with van der Waals surface area (Å²) in [6.07, 6.45) is 3.65. The van der Waals surface area contributed by atoms with Crippen molar-refractivity contribution < 1.29 is 17.6 Å². The summed E-state index contributed by atoms with van der Waals surface area (Å²) in [5, 5.41) is 7.90. The maximum atomic E-state index is 12.2. The number of aryl methyl sites for hydroxylation is 1. The van der Waals surface area contributed by atoms with E-state index in [9.17, 15) is 13.2 Å². The Bertz CT molecular complexity index is 620. The first kappa shape index (κ1) is 18.0. The first-order valence-electron chi connectivity index (χ1n) is 6.43. The van der Waals surface area contributed by atoms with E-state index < -0.39 is 21.5 Å². The molecule has 21 heavy (non-hydrogen) atoms. The number of sulfonamides is 1. The second kappa shape index (κ2) is 6.35. The smallest absolute Gasteiger partial charge is 0.287 e. The summed E-state index contributed by atoms with van der Waals surface area (Å²) in [7, 11) is -3.89. The molecule has 1 aromatic rings. The van der Waals surface area contributed by atoms with E-state index in [-0.39, 0.29) is 28.8 Å². The second-order valence-corrected chi connectivity index (χ2v) is 6.75. The monoisotopic (exact) mass is 337 g/mol. The van der Waals surface area contributed by atoms with Crippen LogP contribution >= 0.6 is 12.4 Å². The summed E-state index contributed by atoms with van der Waals surface area (Å²) in [5.41, 5.74) is 5.32. The Labute approximate surface area is 129 Å². The third-order valence-electron chi connectivity index (χ3n) is 3.73. The van der Waals surface area contributed by atoms with Gasteiger partial charge < -0.3 is 15.5 Å². The second-order valence-electron chi connectivity index (χ2n) is 5.22. The maximum absolute atomic E-state index is 12.2. The maximum Gasteiger partial charge on any atom is 0.287 e. The third-order valence-corrected chi connectivity index (χ3v) is 4.75. The van der Waals surface area contributed by atoms with Crippen molar-refractivity contribution in [2.45, 2.75) is 43.0 Å². The van der Waals surface area contributed by atoms with Crippen molar-refractivity contribution in [1.29, 1.82) is 0 Å². The van der Waals surface area contributed by atoms with Crippen LogP contribution in [-0.4, -0.2) is 26.4 Å². The fourth-order valence-electron chi connectivity index (χ4n) is 2.59. The Morgan fingerprint density at radius 1 is 1.43 bits per heavy atom. The molecule has 0 aromatic carbocycles. The molecule has 0 radical (unpaired) electrons. The molecule has 1 aliphatic rings. The van der Waals surface area contributed by atoms with Gasteiger partial charge in [-0.25, -0.2) is 13.6 Å². The van der Waals surface area contributed by atoms with Crippen LogP contribution in [0.15, 0.2) is 15.4 Å². The Morgan fingerprint density at radius 2 is 2.00 bits per heavy atom. The highest BCUT2D eigenvalue weighted by Crippen LogP contribution is 2.29. The highest BCUT2D eigenvalue weighted by atomic mass is 35.5. The molecule has 1 heterocycles. The molecule has 0 bridgehead atoms. The molecule has 1 saturated carbocycles. The quantitative estimate of drug-likeness (QED) is 0.743. The molecule has 1 amide bonds. The molecule has 1 aliphatic carbocycles. The minimum Gasteiger partial charge on any atom is -0.455 e. The van der Waals surface area contributed by atoms with Gasteiger partial charge in [0.05, 0.1) is 5.54 Å². The van der Waals surface area contributed by atoms with Gasteiger partial charge in [-0.05, 0) is 19.8 Å². The van der Waals surface area contributed by atoms with Crippen LogP contribution < -0.4 is 16.2 Å². The van der Waals surface area contributed by atoms with Crippen molar-refractivity contribution >= 4 is 28.3 Å². The van der Waals surface area contributed by atoms with Gasteiger partial charge in [0.25, 0.3) is 5.91 Å². The van der Waals surface area contributed by atoms with E-state index >= 15 is 0 Å². The number of nitrogens with two attached hydrogens (primary N) is 2. The largest absolute Gasteiger partial charge is 0.455 e. The van der Waals surface area contributed by atoms with Crippen LogP contribution in [-0.2, 0) is 10.0 Å². The SMILES string of the molecule is Cc1oc(C(=O)NC2(CN)CCCC2)cc1S(N)(=O)=O.Cl. The number of halogens is 1. The average Bonchev–Trinajstić information content (AvgIpc) is 2.95. The highest BCUT2D eigenvalue weighted by molar-refractivity contribution is 7.89. The van der Waals surface area contributed by atoms with Crippen LogP contribution in [0.4, 0.5) is 0 Å². The zero-order chi connectivity index (χ0) is 15.0. The summed E-state index contributed by atoms with van der Waals surface area (Å²) in [5.74, 6) is -0.424. The van der Waals surface area contributed by atoms with Gasteiger partial charge >= 0.3 is 0 Å². The molecule has 2 rings (SSSR count). The Kier molecular flexibility index (Phi) is 5.43. The first-order chi connectivity index (χ1) is 9.27. The number of primary sulfonamides is 1. The van der Waals surface area contributed by atoms with E-state index in [1.165, 1.54) is 6.92 Å².